The Labute approximate surface area is 87.2 Å². The molecule has 0 aliphatic heterocycles. The molecule has 0 bridgehead atoms. The zero-order valence-corrected chi connectivity index (χ0v) is 9.64. The Bertz CT molecular complexity index is 148. The Morgan fingerprint density at radius 2 is 2.21 bits per heavy atom. The van der Waals surface area contributed by atoms with E-state index in [4.69, 9.17) is 4.74 Å². The highest BCUT2D eigenvalue weighted by Gasteiger charge is 2.02. The highest BCUT2D eigenvalue weighted by Crippen LogP contribution is 2.10. The van der Waals surface area contributed by atoms with Gasteiger partial charge in [0.2, 0.25) is 5.91 Å². The third kappa shape index (κ3) is 8.05. The van der Waals surface area contributed by atoms with Crippen molar-refractivity contribution in [3.05, 3.63) is 0 Å². The van der Waals surface area contributed by atoms with Crippen LogP contribution in [0.25, 0.3) is 0 Å². The molecule has 1 unspecified atom stereocenters. The number of ether oxygens (including phenoxy) is 1. The number of amides is 1. The van der Waals surface area contributed by atoms with Gasteiger partial charge in [-0.15, -0.1) is 0 Å². The summed E-state index contributed by atoms with van der Waals surface area (Å²) < 4.78 is 4.84. The second-order valence-corrected chi connectivity index (χ2v) is 3.75. The molecule has 0 heterocycles. The van der Waals surface area contributed by atoms with E-state index in [9.17, 15) is 4.79 Å². The van der Waals surface area contributed by atoms with Crippen molar-refractivity contribution in [3.8, 4) is 0 Å². The predicted octanol–water partition coefficient (Wildman–Crippen LogP) is 1.97. The van der Waals surface area contributed by atoms with Crippen molar-refractivity contribution in [2.24, 2.45) is 5.92 Å². The molecule has 0 spiro atoms. The van der Waals surface area contributed by atoms with Crippen LogP contribution in [-0.4, -0.2) is 26.2 Å². The van der Waals surface area contributed by atoms with Gasteiger partial charge in [-0.3, -0.25) is 4.79 Å². The van der Waals surface area contributed by atoms with Crippen molar-refractivity contribution in [2.75, 3.05) is 20.3 Å². The van der Waals surface area contributed by atoms with E-state index < -0.39 is 0 Å². The van der Waals surface area contributed by atoms with Gasteiger partial charge in [-0.2, -0.15) is 0 Å². The molecule has 0 saturated carbocycles. The molecule has 0 radical (unpaired) electrons. The molecule has 1 N–H and O–H groups in total. The molecule has 0 fully saturated rings. The Balaban J connectivity index is 3.26. The van der Waals surface area contributed by atoms with E-state index in [1.807, 2.05) is 0 Å². The molecule has 0 aromatic carbocycles. The second-order valence-electron chi connectivity index (χ2n) is 3.75. The number of hydrogen-bond acceptors (Lipinski definition) is 2. The van der Waals surface area contributed by atoms with Gasteiger partial charge in [0.25, 0.3) is 0 Å². The summed E-state index contributed by atoms with van der Waals surface area (Å²) in [4.78, 5) is 11.2. The molecule has 0 saturated heterocycles. The zero-order valence-electron chi connectivity index (χ0n) is 9.64. The van der Waals surface area contributed by atoms with Gasteiger partial charge in [0.1, 0.15) is 0 Å². The smallest absolute Gasteiger partial charge is 0.220 e. The maximum Gasteiger partial charge on any atom is 0.220 e. The number of carbonyl (C=O) groups excluding carboxylic acids is 1. The molecule has 84 valence electrons. The van der Waals surface area contributed by atoms with Crippen LogP contribution in [0.15, 0.2) is 0 Å². The van der Waals surface area contributed by atoms with Gasteiger partial charge in [0, 0.05) is 20.1 Å². The Kier molecular flexibility index (Phi) is 8.64. The minimum atomic E-state index is 0.144. The van der Waals surface area contributed by atoms with Gasteiger partial charge in [0.15, 0.2) is 0 Å². The molecule has 0 aliphatic rings. The molecule has 1 amide bonds. The van der Waals surface area contributed by atoms with Crippen molar-refractivity contribution >= 4 is 5.91 Å². The lowest BCUT2D eigenvalue weighted by molar-refractivity contribution is -0.121. The van der Waals surface area contributed by atoms with E-state index in [2.05, 4.69) is 19.2 Å². The van der Waals surface area contributed by atoms with Crippen molar-refractivity contribution < 1.29 is 9.53 Å². The number of hydrogen-bond donors (Lipinski definition) is 1. The molecule has 0 aromatic heterocycles. The van der Waals surface area contributed by atoms with Crippen molar-refractivity contribution in [2.45, 2.75) is 39.5 Å². The third-order valence-electron chi connectivity index (χ3n) is 2.43. The number of rotatable bonds is 8. The average molecular weight is 201 g/mol. The highest BCUT2D eigenvalue weighted by atomic mass is 16.5. The zero-order chi connectivity index (χ0) is 10.8. The van der Waals surface area contributed by atoms with Gasteiger partial charge in [0.05, 0.1) is 6.61 Å². The van der Waals surface area contributed by atoms with Crippen LogP contribution in [-0.2, 0) is 9.53 Å². The summed E-state index contributed by atoms with van der Waals surface area (Å²) in [7, 11) is 1.63. The predicted molar refractivity (Wildman–Crippen MR) is 58.2 cm³/mol. The van der Waals surface area contributed by atoms with Crippen LogP contribution in [0.1, 0.15) is 39.5 Å². The van der Waals surface area contributed by atoms with E-state index in [1.54, 1.807) is 7.11 Å². The number of carbonyl (C=O) groups is 1. The average Bonchev–Trinajstić information content (AvgIpc) is 2.18. The standard InChI is InChI=1S/C11H23NO2/c1-4-10(2)6-5-7-11(13)12-8-9-14-3/h10H,4-9H2,1-3H3,(H,12,13). The fourth-order valence-electron chi connectivity index (χ4n) is 1.20. The molecule has 0 aromatic rings. The third-order valence-corrected chi connectivity index (χ3v) is 2.43. The largest absolute Gasteiger partial charge is 0.383 e. The van der Waals surface area contributed by atoms with Crippen LogP contribution in [0.4, 0.5) is 0 Å². The van der Waals surface area contributed by atoms with Crippen molar-refractivity contribution in [3.63, 3.8) is 0 Å². The maximum atomic E-state index is 11.2. The summed E-state index contributed by atoms with van der Waals surface area (Å²) in [6, 6.07) is 0. The summed E-state index contributed by atoms with van der Waals surface area (Å²) in [6.07, 6.45) is 3.99. The monoisotopic (exact) mass is 201 g/mol. The maximum absolute atomic E-state index is 11.2. The van der Waals surface area contributed by atoms with Gasteiger partial charge < -0.3 is 10.1 Å². The van der Waals surface area contributed by atoms with Gasteiger partial charge in [-0.25, -0.2) is 0 Å². The normalized spacial score (nSPS) is 12.5. The first-order chi connectivity index (χ1) is 6.70. The quantitative estimate of drug-likeness (QED) is 0.610. The number of methoxy groups -OCH3 is 1. The first-order valence-electron chi connectivity index (χ1n) is 5.46. The lowest BCUT2D eigenvalue weighted by atomic mass is 10.0. The summed E-state index contributed by atoms with van der Waals surface area (Å²) in [5, 5.41) is 2.81. The van der Waals surface area contributed by atoms with E-state index in [0.717, 1.165) is 18.8 Å². The van der Waals surface area contributed by atoms with E-state index in [0.29, 0.717) is 19.6 Å². The molecule has 3 nitrogen and oxygen atoms in total. The first-order valence-corrected chi connectivity index (χ1v) is 5.46. The van der Waals surface area contributed by atoms with Crippen LogP contribution in [0.3, 0.4) is 0 Å². The Morgan fingerprint density at radius 1 is 1.50 bits per heavy atom. The molecule has 0 rings (SSSR count). The Hall–Kier alpha value is -0.570. The van der Waals surface area contributed by atoms with Crippen LogP contribution >= 0.6 is 0 Å². The molecular weight excluding hydrogens is 178 g/mol. The summed E-state index contributed by atoms with van der Waals surface area (Å²) in [6.45, 7) is 5.63. The van der Waals surface area contributed by atoms with E-state index >= 15 is 0 Å². The fourth-order valence-corrected chi connectivity index (χ4v) is 1.20. The molecule has 1 atom stereocenters. The van der Waals surface area contributed by atoms with E-state index in [1.165, 1.54) is 6.42 Å². The molecular formula is C11H23NO2. The number of nitrogens with one attached hydrogen (secondary N) is 1. The van der Waals surface area contributed by atoms with Gasteiger partial charge in [-0.05, 0) is 12.3 Å². The molecule has 3 heteroatoms. The Morgan fingerprint density at radius 3 is 2.79 bits per heavy atom. The van der Waals surface area contributed by atoms with Crippen molar-refractivity contribution in [1.82, 2.24) is 5.32 Å². The first kappa shape index (κ1) is 13.4. The summed E-state index contributed by atoms with van der Waals surface area (Å²) in [5.74, 6) is 0.882. The summed E-state index contributed by atoms with van der Waals surface area (Å²) in [5.41, 5.74) is 0. The van der Waals surface area contributed by atoms with Crippen LogP contribution in [0, 0.1) is 5.92 Å². The SMILES string of the molecule is CCC(C)CCCC(=O)NCCOC. The lowest BCUT2D eigenvalue weighted by Gasteiger charge is -2.07. The highest BCUT2D eigenvalue weighted by molar-refractivity contribution is 5.75. The van der Waals surface area contributed by atoms with Crippen LogP contribution in [0.5, 0.6) is 0 Å². The van der Waals surface area contributed by atoms with E-state index in [-0.39, 0.29) is 5.91 Å². The van der Waals surface area contributed by atoms with Crippen LogP contribution < -0.4 is 5.32 Å². The van der Waals surface area contributed by atoms with Crippen molar-refractivity contribution in [1.29, 1.82) is 0 Å². The lowest BCUT2D eigenvalue weighted by Crippen LogP contribution is -2.26. The minimum Gasteiger partial charge on any atom is -0.383 e. The minimum absolute atomic E-state index is 0.144. The van der Waals surface area contributed by atoms with Gasteiger partial charge >= 0.3 is 0 Å². The topological polar surface area (TPSA) is 38.3 Å². The van der Waals surface area contributed by atoms with Gasteiger partial charge in [-0.1, -0.05) is 26.7 Å². The molecule has 14 heavy (non-hydrogen) atoms. The van der Waals surface area contributed by atoms with Crippen LogP contribution in [0.2, 0.25) is 0 Å². The molecule has 0 aliphatic carbocycles. The summed E-state index contributed by atoms with van der Waals surface area (Å²) >= 11 is 0. The fraction of sp³-hybridized carbons (Fsp3) is 0.909. The second kappa shape index (κ2) is 9.00.